The van der Waals surface area contributed by atoms with E-state index in [1.54, 1.807) is 0 Å². The topological polar surface area (TPSA) is 44.4 Å². The molecule has 4 heteroatoms. The number of carbonyl (C=O) groups is 1. The third kappa shape index (κ3) is 2.69. The van der Waals surface area contributed by atoms with E-state index in [0.29, 0.717) is 0 Å². The van der Waals surface area contributed by atoms with E-state index < -0.39 is 0 Å². The smallest absolute Gasteiger partial charge is 0.241 e. The molecule has 0 radical (unpaired) electrons. The molecule has 1 saturated heterocycles. The molecule has 14 heavy (non-hydrogen) atoms. The Kier molecular flexibility index (Phi) is 4.35. The molecule has 82 valence electrons. The zero-order chi connectivity index (χ0) is 10.6. The Morgan fingerprint density at radius 1 is 1.50 bits per heavy atom. The first-order valence-electron chi connectivity index (χ1n) is 5.41. The normalized spacial score (nSPS) is 22.4. The van der Waals surface area contributed by atoms with Gasteiger partial charge in [0.15, 0.2) is 0 Å². The van der Waals surface area contributed by atoms with Gasteiger partial charge in [-0.05, 0) is 20.8 Å². The number of amides is 1. The summed E-state index contributed by atoms with van der Waals surface area (Å²) in [5, 5.41) is 6.46. The predicted octanol–water partition coefficient (Wildman–Crippen LogP) is -0.195. The van der Waals surface area contributed by atoms with E-state index in [9.17, 15) is 4.79 Å². The summed E-state index contributed by atoms with van der Waals surface area (Å²) < 4.78 is 0. The lowest BCUT2D eigenvalue weighted by Crippen LogP contribution is -2.57. The van der Waals surface area contributed by atoms with Gasteiger partial charge >= 0.3 is 0 Å². The van der Waals surface area contributed by atoms with Gasteiger partial charge in [0.2, 0.25) is 5.91 Å². The number of nitrogens with one attached hydrogen (secondary N) is 2. The first-order valence-corrected chi connectivity index (χ1v) is 5.41. The Hall–Kier alpha value is -0.610. The van der Waals surface area contributed by atoms with Crippen LogP contribution in [0.5, 0.6) is 0 Å². The van der Waals surface area contributed by atoms with Crippen molar-refractivity contribution in [3.8, 4) is 0 Å². The molecular formula is C10H21N3O. The number of likely N-dealkylation sites (N-methyl/N-ethyl adjacent to an activating group) is 1. The molecule has 2 N–H and O–H groups in total. The van der Waals surface area contributed by atoms with Gasteiger partial charge in [0.1, 0.15) is 0 Å². The van der Waals surface area contributed by atoms with Crippen molar-refractivity contribution in [3.63, 3.8) is 0 Å². The van der Waals surface area contributed by atoms with Crippen molar-refractivity contribution >= 4 is 5.91 Å². The van der Waals surface area contributed by atoms with Gasteiger partial charge in [-0.2, -0.15) is 0 Å². The molecule has 4 nitrogen and oxygen atoms in total. The highest BCUT2D eigenvalue weighted by Crippen LogP contribution is 2.02. The molecular weight excluding hydrogens is 178 g/mol. The van der Waals surface area contributed by atoms with Crippen molar-refractivity contribution < 1.29 is 4.79 Å². The zero-order valence-electron chi connectivity index (χ0n) is 9.34. The summed E-state index contributed by atoms with van der Waals surface area (Å²) in [5.74, 6) is 0.217. The van der Waals surface area contributed by atoms with Gasteiger partial charge in [-0.25, -0.2) is 0 Å². The highest BCUT2D eigenvalue weighted by Gasteiger charge is 2.25. The second-order valence-electron chi connectivity index (χ2n) is 3.93. The lowest BCUT2D eigenvalue weighted by Gasteiger charge is -2.32. The summed E-state index contributed by atoms with van der Waals surface area (Å²) in [7, 11) is 0. The monoisotopic (exact) mass is 199 g/mol. The number of piperazine rings is 1. The summed E-state index contributed by atoms with van der Waals surface area (Å²) >= 11 is 0. The van der Waals surface area contributed by atoms with Crippen LogP contribution in [-0.2, 0) is 4.79 Å². The number of hydrogen-bond donors (Lipinski definition) is 2. The Morgan fingerprint density at radius 3 is 2.64 bits per heavy atom. The van der Waals surface area contributed by atoms with Gasteiger partial charge in [-0.3, -0.25) is 4.79 Å². The first kappa shape index (κ1) is 11.5. The van der Waals surface area contributed by atoms with Crippen LogP contribution in [0.1, 0.15) is 20.8 Å². The van der Waals surface area contributed by atoms with Crippen LogP contribution in [0.15, 0.2) is 0 Å². The number of hydrogen-bond acceptors (Lipinski definition) is 3. The second kappa shape index (κ2) is 5.32. The Morgan fingerprint density at radius 2 is 2.21 bits per heavy atom. The summed E-state index contributed by atoms with van der Waals surface area (Å²) in [4.78, 5) is 13.9. The van der Waals surface area contributed by atoms with Crippen LogP contribution in [-0.4, -0.2) is 49.1 Å². The highest BCUT2D eigenvalue weighted by atomic mass is 16.2. The number of nitrogens with zero attached hydrogens (tertiary/aromatic N) is 1. The summed E-state index contributed by atoms with van der Waals surface area (Å²) in [6.07, 6.45) is 0. The molecule has 0 bridgehead atoms. The van der Waals surface area contributed by atoms with Gasteiger partial charge < -0.3 is 15.5 Å². The Labute approximate surface area is 86.0 Å². The van der Waals surface area contributed by atoms with Gasteiger partial charge in [0, 0.05) is 32.2 Å². The highest BCUT2D eigenvalue weighted by molar-refractivity contribution is 5.82. The van der Waals surface area contributed by atoms with E-state index in [-0.39, 0.29) is 18.0 Å². The molecule has 1 aliphatic rings. The molecule has 0 spiro atoms. The van der Waals surface area contributed by atoms with Gasteiger partial charge in [-0.1, -0.05) is 0 Å². The summed E-state index contributed by atoms with van der Waals surface area (Å²) in [6, 6.07) is 0.252. The molecule has 1 rings (SSSR count). The Balaban J connectivity index is 2.52. The van der Waals surface area contributed by atoms with Crippen LogP contribution in [0.2, 0.25) is 0 Å². The average Bonchev–Trinajstić information content (AvgIpc) is 2.19. The molecule has 1 aliphatic heterocycles. The Bertz CT molecular complexity index is 188. The van der Waals surface area contributed by atoms with E-state index in [2.05, 4.69) is 24.5 Å². The molecule has 0 saturated carbocycles. The predicted molar refractivity (Wildman–Crippen MR) is 57.2 cm³/mol. The third-order valence-corrected chi connectivity index (χ3v) is 2.59. The van der Waals surface area contributed by atoms with E-state index in [1.807, 2.05) is 11.8 Å². The largest absolute Gasteiger partial charge is 0.339 e. The van der Waals surface area contributed by atoms with Crippen molar-refractivity contribution in [3.05, 3.63) is 0 Å². The van der Waals surface area contributed by atoms with Crippen molar-refractivity contribution in [1.82, 2.24) is 15.5 Å². The molecule has 1 unspecified atom stereocenters. The second-order valence-corrected chi connectivity index (χ2v) is 3.93. The first-order chi connectivity index (χ1) is 6.66. The minimum atomic E-state index is -0.0360. The van der Waals surface area contributed by atoms with E-state index in [1.165, 1.54) is 0 Å². The fourth-order valence-electron chi connectivity index (χ4n) is 1.80. The van der Waals surface area contributed by atoms with Crippen molar-refractivity contribution in [1.29, 1.82) is 0 Å². The number of rotatable bonds is 3. The van der Waals surface area contributed by atoms with Gasteiger partial charge in [0.05, 0.1) is 6.04 Å². The number of carbonyl (C=O) groups excluding carboxylic acids is 1. The molecule has 1 heterocycles. The van der Waals surface area contributed by atoms with Crippen LogP contribution in [0, 0.1) is 0 Å². The van der Waals surface area contributed by atoms with E-state index in [4.69, 9.17) is 0 Å². The minimum absolute atomic E-state index is 0.0360. The van der Waals surface area contributed by atoms with Crippen LogP contribution < -0.4 is 10.6 Å². The molecule has 0 aliphatic carbocycles. The lowest BCUT2D eigenvalue weighted by atomic mass is 10.2. The standard InChI is InChI=1S/C10H21N3O/c1-4-13(8(2)3)10(14)9-7-11-5-6-12-9/h8-9,11-12H,4-7H2,1-3H3. The van der Waals surface area contributed by atoms with Crippen LogP contribution in [0.25, 0.3) is 0 Å². The minimum Gasteiger partial charge on any atom is -0.339 e. The van der Waals surface area contributed by atoms with Crippen molar-refractivity contribution in [2.24, 2.45) is 0 Å². The summed E-state index contributed by atoms with van der Waals surface area (Å²) in [6.45, 7) is 9.50. The van der Waals surface area contributed by atoms with E-state index >= 15 is 0 Å². The maximum Gasteiger partial charge on any atom is 0.241 e. The van der Waals surface area contributed by atoms with Crippen molar-refractivity contribution in [2.45, 2.75) is 32.9 Å². The van der Waals surface area contributed by atoms with Crippen LogP contribution in [0.3, 0.4) is 0 Å². The average molecular weight is 199 g/mol. The molecule has 1 atom stereocenters. The van der Waals surface area contributed by atoms with Gasteiger partial charge in [0.25, 0.3) is 0 Å². The van der Waals surface area contributed by atoms with Crippen molar-refractivity contribution in [2.75, 3.05) is 26.2 Å². The zero-order valence-corrected chi connectivity index (χ0v) is 9.34. The maximum atomic E-state index is 12.0. The molecule has 1 fully saturated rings. The maximum absolute atomic E-state index is 12.0. The lowest BCUT2D eigenvalue weighted by molar-refractivity contribution is -0.135. The SMILES string of the molecule is CCN(C(=O)C1CNCCN1)C(C)C. The molecule has 0 aromatic carbocycles. The fraction of sp³-hybridized carbons (Fsp3) is 0.900. The fourth-order valence-corrected chi connectivity index (χ4v) is 1.80. The molecule has 0 aromatic rings. The molecule has 0 aromatic heterocycles. The van der Waals surface area contributed by atoms with Crippen LogP contribution >= 0.6 is 0 Å². The quantitative estimate of drug-likeness (QED) is 0.662. The van der Waals surface area contributed by atoms with E-state index in [0.717, 1.165) is 26.2 Å². The summed E-state index contributed by atoms with van der Waals surface area (Å²) in [5.41, 5.74) is 0. The third-order valence-electron chi connectivity index (χ3n) is 2.59. The van der Waals surface area contributed by atoms with Crippen LogP contribution in [0.4, 0.5) is 0 Å². The van der Waals surface area contributed by atoms with Gasteiger partial charge in [-0.15, -0.1) is 0 Å². The molecule has 1 amide bonds.